The highest BCUT2D eigenvalue weighted by Crippen LogP contribution is 2.16. The third-order valence-electron chi connectivity index (χ3n) is 3.04. The van der Waals surface area contributed by atoms with Crippen molar-refractivity contribution in [3.05, 3.63) is 21.9 Å². The smallest absolute Gasteiger partial charge is 0.243 e. The van der Waals surface area contributed by atoms with Crippen LogP contribution >= 0.6 is 35.3 Å². The molecule has 2 N–H and O–H groups in total. The van der Waals surface area contributed by atoms with E-state index in [1.54, 1.807) is 19.0 Å². The van der Waals surface area contributed by atoms with Crippen LogP contribution in [0.3, 0.4) is 0 Å². The molecular weight excluding hydrogens is 423 g/mol. The summed E-state index contributed by atoms with van der Waals surface area (Å²) in [5.74, 6) is 1.20. The predicted molar refractivity (Wildman–Crippen MR) is 110 cm³/mol. The van der Waals surface area contributed by atoms with E-state index >= 15 is 0 Å². The number of carbonyl (C=O) groups excluding carboxylic acids is 1. The third-order valence-corrected chi connectivity index (χ3v) is 4.27. The Kier molecular flexibility index (Phi) is 11.2. The first kappa shape index (κ1) is 22.2. The average Bonchev–Trinajstić information content (AvgIpc) is 2.93. The molecule has 0 unspecified atom stereocenters. The second-order valence-electron chi connectivity index (χ2n) is 5.80. The van der Waals surface area contributed by atoms with Gasteiger partial charge in [-0.05, 0) is 24.5 Å². The number of aryl methyl sites for hydroxylation is 1. The minimum atomic E-state index is -0.00459. The van der Waals surface area contributed by atoms with Crippen LogP contribution in [0.2, 0.25) is 0 Å². The van der Waals surface area contributed by atoms with Crippen LogP contribution < -0.4 is 10.6 Å². The largest absolute Gasteiger partial charge is 0.356 e. The lowest BCUT2D eigenvalue weighted by molar-refractivity contribution is -0.127. The van der Waals surface area contributed by atoms with Gasteiger partial charge in [-0.15, -0.1) is 35.3 Å². The molecule has 0 radical (unpaired) electrons. The zero-order valence-corrected chi connectivity index (χ0v) is 17.8. The van der Waals surface area contributed by atoms with E-state index < -0.39 is 0 Å². The Hall–Kier alpha value is -0.830. The van der Waals surface area contributed by atoms with Gasteiger partial charge in [0.05, 0.1) is 6.54 Å². The number of rotatable bonds is 7. The molecule has 0 atom stereocenters. The molecule has 0 saturated carbocycles. The molecule has 5 nitrogen and oxygen atoms in total. The van der Waals surface area contributed by atoms with E-state index in [9.17, 15) is 4.79 Å². The monoisotopic (exact) mass is 452 g/mol. The fourth-order valence-corrected chi connectivity index (χ4v) is 2.54. The number of likely N-dealkylation sites (N-methyl/N-ethyl adjacent to an activating group) is 1. The van der Waals surface area contributed by atoms with Crippen molar-refractivity contribution < 1.29 is 4.79 Å². The number of aliphatic imine (C=N–C) groups is 1. The van der Waals surface area contributed by atoms with Gasteiger partial charge in [0.1, 0.15) is 6.54 Å². The van der Waals surface area contributed by atoms with Crippen molar-refractivity contribution in [2.75, 3.05) is 27.2 Å². The number of amides is 1. The van der Waals surface area contributed by atoms with Crippen LogP contribution in [-0.2, 0) is 17.8 Å². The maximum absolute atomic E-state index is 11.7. The van der Waals surface area contributed by atoms with Gasteiger partial charge in [-0.1, -0.05) is 20.8 Å². The minimum Gasteiger partial charge on any atom is -0.356 e. The minimum absolute atomic E-state index is 0. The number of carbonyl (C=O) groups is 1. The molecule has 0 aliphatic heterocycles. The summed E-state index contributed by atoms with van der Waals surface area (Å²) in [4.78, 5) is 20.2. The van der Waals surface area contributed by atoms with Gasteiger partial charge in [-0.25, -0.2) is 4.99 Å². The second-order valence-corrected chi connectivity index (χ2v) is 7.06. The lowest BCUT2D eigenvalue weighted by Gasteiger charge is -2.14. The van der Waals surface area contributed by atoms with Crippen LogP contribution in [0.1, 0.15) is 30.5 Å². The Labute approximate surface area is 161 Å². The molecule has 0 saturated heterocycles. The summed E-state index contributed by atoms with van der Waals surface area (Å²) in [7, 11) is 3.48. The van der Waals surface area contributed by atoms with Crippen LogP contribution in [0.15, 0.2) is 17.1 Å². The van der Waals surface area contributed by atoms with Crippen LogP contribution in [0.25, 0.3) is 0 Å². The summed E-state index contributed by atoms with van der Waals surface area (Å²) in [6, 6.07) is 4.30. The zero-order chi connectivity index (χ0) is 16.5. The highest BCUT2D eigenvalue weighted by atomic mass is 127. The number of guanidine groups is 1. The van der Waals surface area contributed by atoms with Crippen molar-refractivity contribution in [3.63, 3.8) is 0 Å². The summed E-state index contributed by atoms with van der Waals surface area (Å²) in [6.45, 7) is 8.15. The van der Waals surface area contributed by atoms with Crippen LogP contribution in [0.5, 0.6) is 0 Å². The number of nitrogens with one attached hydrogen (secondary N) is 2. The van der Waals surface area contributed by atoms with Gasteiger partial charge < -0.3 is 15.5 Å². The Morgan fingerprint density at radius 1 is 1.26 bits per heavy atom. The van der Waals surface area contributed by atoms with Crippen LogP contribution in [-0.4, -0.2) is 44.0 Å². The molecule has 1 aromatic heterocycles. The molecule has 1 heterocycles. The van der Waals surface area contributed by atoms with E-state index in [1.807, 2.05) is 11.3 Å². The molecule has 0 aliphatic carbocycles. The highest BCUT2D eigenvalue weighted by Gasteiger charge is 2.06. The molecule has 132 valence electrons. The van der Waals surface area contributed by atoms with Gasteiger partial charge in [0.15, 0.2) is 5.96 Å². The Bertz CT molecular complexity index is 500. The average molecular weight is 452 g/mol. The first-order chi connectivity index (χ1) is 10.4. The van der Waals surface area contributed by atoms with E-state index in [0.717, 1.165) is 19.5 Å². The first-order valence-electron chi connectivity index (χ1n) is 7.72. The standard InChI is InChI=1S/C16H28N4OS.HI/c1-6-13-7-8-14(22-13)10-18-16(17-9-12(2)3)19-11-15(21)20(4)5;/h7-8,12H,6,9-11H2,1-5H3,(H2,17,18,19);1H. The van der Waals surface area contributed by atoms with Gasteiger partial charge in [-0.2, -0.15) is 0 Å². The van der Waals surface area contributed by atoms with Crippen molar-refractivity contribution in [1.82, 2.24) is 15.5 Å². The molecule has 23 heavy (non-hydrogen) atoms. The molecular formula is C16H29IN4OS. The van der Waals surface area contributed by atoms with E-state index in [0.29, 0.717) is 11.9 Å². The lowest BCUT2D eigenvalue weighted by atomic mass is 10.2. The summed E-state index contributed by atoms with van der Waals surface area (Å²) < 4.78 is 0. The Morgan fingerprint density at radius 2 is 1.91 bits per heavy atom. The molecule has 1 aromatic rings. The van der Waals surface area contributed by atoms with Crippen LogP contribution in [0, 0.1) is 5.92 Å². The first-order valence-corrected chi connectivity index (χ1v) is 8.54. The fraction of sp³-hybridized carbons (Fsp3) is 0.625. The quantitative estimate of drug-likeness (QED) is 0.380. The molecule has 1 rings (SSSR count). The number of halogens is 1. The van der Waals surface area contributed by atoms with Crippen molar-refractivity contribution in [1.29, 1.82) is 0 Å². The maximum Gasteiger partial charge on any atom is 0.243 e. The number of hydrogen-bond donors (Lipinski definition) is 2. The summed E-state index contributed by atoms with van der Waals surface area (Å²) >= 11 is 1.81. The zero-order valence-electron chi connectivity index (χ0n) is 14.7. The SMILES string of the molecule is CCc1ccc(CNC(=NCC(=O)N(C)C)NCC(C)C)s1.I. The molecule has 0 aromatic carbocycles. The maximum atomic E-state index is 11.7. The van der Waals surface area contributed by atoms with E-state index in [4.69, 9.17) is 0 Å². The summed E-state index contributed by atoms with van der Waals surface area (Å²) in [5.41, 5.74) is 0. The number of hydrogen-bond acceptors (Lipinski definition) is 3. The Balaban J connectivity index is 0.00000484. The molecule has 0 fully saturated rings. The summed E-state index contributed by atoms with van der Waals surface area (Å²) in [6.07, 6.45) is 1.06. The van der Waals surface area contributed by atoms with Gasteiger partial charge in [0.2, 0.25) is 5.91 Å². The van der Waals surface area contributed by atoms with E-state index in [2.05, 4.69) is 48.5 Å². The topological polar surface area (TPSA) is 56.7 Å². The normalized spacial score (nSPS) is 11.1. The van der Waals surface area contributed by atoms with Crippen molar-refractivity contribution in [3.8, 4) is 0 Å². The molecule has 0 spiro atoms. The van der Waals surface area contributed by atoms with Crippen molar-refractivity contribution >= 4 is 47.2 Å². The van der Waals surface area contributed by atoms with Gasteiger partial charge >= 0.3 is 0 Å². The van der Waals surface area contributed by atoms with Gasteiger partial charge in [0, 0.05) is 30.4 Å². The van der Waals surface area contributed by atoms with Crippen molar-refractivity contribution in [2.45, 2.75) is 33.7 Å². The molecule has 7 heteroatoms. The lowest BCUT2D eigenvalue weighted by Crippen LogP contribution is -2.39. The second kappa shape index (κ2) is 11.7. The fourth-order valence-electron chi connectivity index (χ4n) is 1.64. The summed E-state index contributed by atoms with van der Waals surface area (Å²) in [5, 5.41) is 6.58. The highest BCUT2D eigenvalue weighted by molar-refractivity contribution is 14.0. The van der Waals surface area contributed by atoms with Gasteiger partial charge in [-0.3, -0.25) is 4.79 Å². The van der Waals surface area contributed by atoms with Crippen LogP contribution in [0.4, 0.5) is 0 Å². The van der Waals surface area contributed by atoms with Gasteiger partial charge in [0.25, 0.3) is 0 Å². The third kappa shape index (κ3) is 9.14. The number of thiophene rings is 1. The number of nitrogens with zero attached hydrogens (tertiary/aromatic N) is 2. The van der Waals surface area contributed by atoms with Crippen molar-refractivity contribution in [2.24, 2.45) is 10.9 Å². The molecule has 0 bridgehead atoms. The van der Waals surface area contributed by atoms with E-state index in [-0.39, 0.29) is 36.4 Å². The molecule has 1 amide bonds. The predicted octanol–water partition coefficient (Wildman–Crippen LogP) is 2.71. The van der Waals surface area contributed by atoms with E-state index in [1.165, 1.54) is 9.75 Å². The Morgan fingerprint density at radius 3 is 2.43 bits per heavy atom. The molecule has 0 aliphatic rings.